The smallest absolute Gasteiger partial charge is 0.243 e. The summed E-state index contributed by atoms with van der Waals surface area (Å²) in [6, 6.07) is 8.90. The highest BCUT2D eigenvalue weighted by atomic mass is 32.2. The lowest BCUT2D eigenvalue weighted by Gasteiger charge is -2.13. The van der Waals surface area contributed by atoms with Gasteiger partial charge in [-0.1, -0.05) is 19.1 Å². The van der Waals surface area contributed by atoms with Crippen LogP contribution in [-0.2, 0) is 14.6 Å². The van der Waals surface area contributed by atoms with Crippen molar-refractivity contribution in [2.24, 2.45) is 0 Å². The van der Waals surface area contributed by atoms with Gasteiger partial charge < -0.3 is 10.1 Å². The van der Waals surface area contributed by atoms with E-state index in [0.717, 1.165) is 11.1 Å². The highest BCUT2D eigenvalue weighted by molar-refractivity contribution is 7.92. The summed E-state index contributed by atoms with van der Waals surface area (Å²) in [5.41, 5.74) is 2.37. The predicted octanol–water partition coefficient (Wildman–Crippen LogP) is 2.86. The summed E-state index contributed by atoms with van der Waals surface area (Å²) in [6.07, 6.45) is 1.54. The van der Waals surface area contributed by atoms with Crippen LogP contribution in [-0.4, -0.2) is 30.8 Å². The van der Waals surface area contributed by atoms with Crippen LogP contribution in [0.15, 0.2) is 36.5 Å². The third kappa shape index (κ3) is 4.55. The molecule has 0 atom stereocenters. The zero-order chi connectivity index (χ0) is 17.7. The Labute approximate surface area is 141 Å². The van der Waals surface area contributed by atoms with Gasteiger partial charge >= 0.3 is 0 Å². The molecule has 24 heavy (non-hydrogen) atoms. The van der Waals surface area contributed by atoms with Crippen LogP contribution < -0.4 is 10.1 Å². The third-order valence-electron chi connectivity index (χ3n) is 3.60. The number of hydrogen-bond acceptors (Lipinski definition) is 5. The van der Waals surface area contributed by atoms with Crippen LogP contribution in [0.4, 0.5) is 5.69 Å². The maximum absolute atomic E-state index is 11.9. The summed E-state index contributed by atoms with van der Waals surface area (Å²) in [7, 11) is -3.40. The fourth-order valence-corrected chi connectivity index (χ4v) is 2.67. The SMILES string of the molecule is CCS(=O)(=O)CC(=O)Nc1cccnc1Oc1cccc(C)c1C. The molecule has 7 heteroatoms. The van der Waals surface area contributed by atoms with Crippen molar-refractivity contribution in [1.82, 2.24) is 4.98 Å². The summed E-state index contributed by atoms with van der Waals surface area (Å²) < 4.78 is 28.9. The van der Waals surface area contributed by atoms with E-state index in [0.29, 0.717) is 11.4 Å². The first-order valence-electron chi connectivity index (χ1n) is 7.51. The van der Waals surface area contributed by atoms with Gasteiger partial charge in [0, 0.05) is 11.9 Å². The van der Waals surface area contributed by atoms with E-state index in [2.05, 4.69) is 10.3 Å². The van der Waals surface area contributed by atoms with E-state index in [1.54, 1.807) is 18.3 Å². The molecule has 1 amide bonds. The normalized spacial score (nSPS) is 11.1. The van der Waals surface area contributed by atoms with E-state index in [1.807, 2.05) is 32.0 Å². The minimum absolute atomic E-state index is 0.0840. The molecule has 128 valence electrons. The summed E-state index contributed by atoms with van der Waals surface area (Å²) >= 11 is 0. The minimum Gasteiger partial charge on any atom is -0.437 e. The van der Waals surface area contributed by atoms with Crippen molar-refractivity contribution in [3.63, 3.8) is 0 Å². The van der Waals surface area contributed by atoms with E-state index in [-0.39, 0.29) is 11.6 Å². The Morgan fingerprint density at radius 2 is 1.96 bits per heavy atom. The Morgan fingerprint density at radius 1 is 1.21 bits per heavy atom. The summed E-state index contributed by atoms with van der Waals surface area (Å²) in [6.45, 7) is 5.40. The highest BCUT2D eigenvalue weighted by Crippen LogP contribution is 2.30. The van der Waals surface area contributed by atoms with Crippen molar-refractivity contribution in [1.29, 1.82) is 0 Å². The molecule has 0 spiro atoms. The lowest BCUT2D eigenvalue weighted by Crippen LogP contribution is -2.24. The van der Waals surface area contributed by atoms with Crippen LogP contribution in [0, 0.1) is 13.8 Å². The second kappa shape index (κ2) is 7.44. The van der Waals surface area contributed by atoms with Crippen LogP contribution in [0.1, 0.15) is 18.1 Å². The van der Waals surface area contributed by atoms with Gasteiger partial charge in [0.25, 0.3) is 0 Å². The molecule has 1 aromatic heterocycles. The van der Waals surface area contributed by atoms with E-state index in [4.69, 9.17) is 4.74 Å². The van der Waals surface area contributed by atoms with Crippen LogP contribution in [0.3, 0.4) is 0 Å². The number of anilines is 1. The van der Waals surface area contributed by atoms with E-state index in [1.165, 1.54) is 6.92 Å². The first kappa shape index (κ1) is 17.9. The number of hydrogen-bond donors (Lipinski definition) is 1. The van der Waals surface area contributed by atoms with Crippen LogP contribution in [0.25, 0.3) is 0 Å². The molecule has 1 N–H and O–H groups in total. The molecular formula is C17H20N2O4S. The molecular weight excluding hydrogens is 328 g/mol. The van der Waals surface area contributed by atoms with Gasteiger partial charge in [-0.15, -0.1) is 0 Å². The molecule has 1 heterocycles. The van der Waals surface area contributed by atoms with Gasteiger partial charge in [0.1, 0.15) is 17.2 Å². The topological polar surface area (TPSA) is 85.4 Å². The molecule has 0 bridgehead atoms. The molecule has 0 fully saturated rings. The quantitative estimate of drug-likeness (QED) is 0.867. The second-order valence-corrected chi connectivity index (χ2v) is 7.73. The molecule has 1 aromatic carbocycles. The molecule has 6 nitrogen and oxygen atoms in total. The van der Waals surface area contributed by atoms with E-state index in [9.17, 15) is 13.2 Å². The predicted molar refractivity (Wildman–Crippen MR) is 93.2 cm³/mol. The number of sulfone groups is 1. The van der Waals surface area contributed by atoms with Gasteiger partial charge in [-0.25, -0.2) is 13.4 Å². The molecule has 0 unspecified atom stereocenters. The molecule has 0 saturated carbocycles. The van der Waals surface area contributed by atoms with Crippen molar-refractivity contribution in [2.75, 3.05) is 16.8 Å². The number of aromatic nitrogens is 1. The number of nitrogens with one attached hydrogen (secondary N) is 1. The average molecular weight is 348 g/mol. The number of rotatable bonds is 6. The Bertz CT molecular complexity index is 847. The van der Waals surface area contributed by atoms with Crippen molar-refractivity contribution < 1.29 is 17.9 Å². The fraction of sp³-hybridized carbons (Fsp3) is 0.294. The zero-order valence-electron chi connectivity index (χ0n) is 13.9. The highest BCUT2D eigenvalue weighted by Gasteiger charge is 2.17. The number of pyridine rings is 1. The third-order valence-corrected chi connectivity index (χ3v) is 5.18. The number of amides is 1. The van der Waals surface area contributed by atoms with E-state index < -0.39 is 21.5 Å². The van der Waals surface area contributed by atoms with Crippen molar-refractivity contribution in [2.45, 2.75) is 20.8 Å². The summed E-state index contributed by atoms with van der Waals surface area (Å²) in [4.78, 5) is 16.1. The van der Waals surface area contributed by atoms with Crippen LogP contribution >= 0.6 is 0 Å². The second-order valence-electron chi connectivity index (χ2n) is 5.38. The van der Waals surface area contributed by atoms with Gasteiger partial charge in [-0.2, -0.15) is 0 Å². The Morgan fingerprint density at radius 3 is 2.67 bits per heavy atom. The maximum Gasteiger partial charge on any atom is 0.243 e. The number of ether oxygens (including phenoxy) is 1. The van der Waals surface area contributed by atoms with Crippen molar-refractivity contribution in [3.05, 3.63) is 47.7 Å². The molecule has 0 aliphatic carbocycles. The lowest BCUT2D eigenvalue weighted by molar-refractivity contribution is -0.113. The van der Waals surface area contributed by atoms with Crippen molar-refractivity contribution in [3.8, 4) is 11.6 Å². The molecule has 0 aliphatic rings. The average Bonchev–Trinajstić information content (AvgIpc) is 2.53. The number of nitrogens with zero attached hydrogens (tertiary/aromatic N) is 1. The first-order valence-corrected chi connectivity index (χ1v) is 9.34. The molecule has 0 saturated heterocycles. The summed E-state index contributed by atoms with van der Waals surface area (Å²) in [5.74, 6) is -0.421. The van der Waals surface area contributed by atoms with Crippen LogP contribution in [0.5, 0.6) is 11.6 Å². The van der Waals surface area contributed by atoms with Crippen LogP contribution in [0.2, 0.25) is 0 Å². The van der Waals surface area contributed by atoms with Gasteiger partial charge in [0.15, 0.2) is 9.84 Å². The van der Waals surface area contributed by atoms with Crippen molar-refractivity contribution >= 4 is 21.4 Å². The monoisotopic (exact) mass is 348 g/mol. The molecule has 0 aliphatic heterocycles. The molecule has 0 radical (unpaired) electrons. The Balaban J connectivity index is 2.22. The lowest BCUT2D eigenvalue weighted by atomic mass is 10.1. The van der Waals surface area contributed by atoms with Gasteiger partial charge in [-0.05, 0) is 43.2 Å². The number of aryl methyl sites for hydroxylation is 1. The largest absolute Gasteiger partial charge is 0.437 e. The Hall–Kier alpha value is -2.41. The number of carbonyl (C=O) groups is 1. The fourth-order valence-electron chi connectivity index (χ4n) is 1.99. The molecule has 2 aromatic rings. The zero-order valence-corrected chi connectivity index (χ0v) is 14.7. The van der Waals surface area contributed by atoms with Gasteiger partial charge in [0.2, 0.25) is 11.8 Å². The summed E-state index contributed by atoms with van der Waals surface area (Å²) in [5, 5.41) is 2.55. The standard InChI is InChI=1S/C17H20N2O4S/c1-4-24(21,22)11-16(20)19-14-8-6-10-18-17(14)23-15-9-5-7-12(2)13(15)3/h5-10H,4,11H2,1-3H3,(H,19,20). The van der Waals surface area contributed by atoms with Gasteiger partial charge in [-0.3, -0.25) is 4.79 Å². The number of benzene rings is 1. The Kier molecular flexibility index (Phi) is 5.56. The first-order chi connectivity index (χ1) is 11.3. The molecule has 2 rings (SSSR count). The maximum atomic E-state index is 11.9. The minimum atomic E-state index is -3.40. The van der Waals surface area contributed by atoms with Gasteiger partial charge in [0.05, 0.1) is 0 Å². The van der Waals surface area contributed by atoms with E-state index >= 15 is 0 Å². The number of carbonyl (C=O) groups excluding carboxylic acids is 1.